The molecule has 0 saturated carbocycles. The van der Waals surface area contributed by atoms with Gasteiger partial charge >= 0.3 is 0 Å². The number of nitrogens with one attached hydrogen (secondary N) is 1. The van der Waals surface area contributed by atoms with Gasteiger partial charge in [-0.3, -0.25) is 4.40 Å². The van der Waals surface area contributed by atoms with E-state index in [0.29, 0.717) is 30.6 Å². The van der Waals surface area contributed by atoms with Gasteiger partial charge in [-0.25, -0.2) is 18.1 Å². The molecule has 0 radical (unpaired) electrons. The summed E-state index contributed by atoms with van der Waals surface area (Å²) in [4.78, 5) is 4.61. The lowest BCUT2D eigenvalue weighted by Crippen LogP contribution is -2.32. The smallest absolute Gasteiger partial charge is 0.259 e. The minimum absolute atomic E-state index is 0.0105. The zero-order valence-corrected chi connectivity index (χ0v) is 13.0. The van der Waals surface area contributed by atoms with Crippen molar-refractivity contribution in [2.24, 2.45) is 5.92 Å². The van der Waals surface area contributed by atoms with E-state index in [1.54, 1.807) is 11.6 Å². The van der Waals surface area contributed by atoms with Crippen LogP contribution in [0.15, 0.2) is 16.6 Å². The van der Waals surface area contributed by atoms with Crippen LogP contribution >= 0.6 is 22.9 Å². The molecule has 20 heavy (non-hydrogen) atoms. The Hall–Kier alpha value is -0.670. The van der Waals surface area contributed by atoms with Crippen LogP contribution in [0.2, 0.25) is 5.15 Å². The molecule has 0 spiro atoms. The van der Waals surface area contributed by atoms with Crippen molar-refractivity contribution in [3.05, 3.63) is 16.7 Å². The van der Waals surface area contributed by atoms with Crippen molar-refractivity contribution in [2.75, 3.05) is 19.8 Å². The number of thiazole rings is 1. The summed E-state index contributed by atoms with van der Waals surface area (Å²) >= 11 is 7.29. The molecule has 0 unspecified atom stereocenters. The van der Waals surface area contributed by atoms with E-state index in [0.717, 1.165) is 12.8 Å². The molecule has 0 atom stereocenters. The van der Waals surface area contributed by atoms with E-state index in [1.165, 1.54) is 15.7 Å². The van der Waals surface area contributed by atoms with Crippen molar-refractivity contribution in [1.29, 1.82) is 0 Å². The lowest BCUT2D eigenvalue weighted by molar-refractivity contribution is 0.0678. The fourth-order valence-corrected chi connectivity index (χ4v) is 4.79. The maximum absolute atomic E-state index is 12.4. The minimum Gasteiger partial charge on any atom is -0.381 e. The van der Waals surface area contributed by atoms with Gasteiger partial charge in [-0.05, 0) is 18.8 Å². The van der Waals surface area contributed by atoms with Crippen LogP contribution in [0.4, 0.5) is 0 Å². The Kier molecular flexibility index (Phi) is 4.00. The van der Waals surface area contributed by atoms with Crippen LogP contribution in [-0.2, 0) is 14.8 Å². The van der Waals surface area contributed by atoms with Gasteiger partial charge in [-0.1, -0.05) is 11.6 Å². The number of aromatic nitrogens is 2. The van der Waals surface area contributed by atoms with E-state index in [1.807, 2.05) is 0 Å². The first-order valence-electron chi connectivity index (χ1n) is 6.26. The molecule has 3 rings (SSSR count). The molecule has 0 amide bonds. The Labute approximate surface area is 125 Å². The fourth-order valence-electron chi connectivity index (χ4n) is 2.23. The highest BCUT2D eigenvalue weighted by atomic mass is 35.5. The second kappa shape index (κ2) is 5.61. The first-order valence-corrected chi connectivity index (χ1v) is 9.00. The maximum Gasteiger partial charge on any atom is 0.259 e. The molecular weight excluding hydrogens is 322 g/mol. The number of hydrogen-bond acceptors (Lipinski definition) is 5. The summed E-state index contributed by atoms with van der Waals surface area (Å²) in [5.74, 6) is 0.309. The molecule has 2 aromatic heterocycles. The highest BCUT2D eigenvalue weighted by Crippen LogP contribution is 2.25. The highest BCUT2D eigenvalue weighted by Gasteiger charge is 2.26. The molecule has 2 aromatic rings. The van der Waals surface area contributed by atoms with Crippen LogP contribution < -0.4 is 4.72 Å². The number of halogens is 1. The Balaban J connectivity index is 1.80. The van der Waals surface area contributed by atoms with Crippen molar-refractivity contribution in [3.8, 4) is 0 Å². The maximum atomic E-state index is 12.4. The van der Waals surface area contributed by atoms with Crippen molar-refractivity contribution < 1.29 is 13.2 Å². The first kappa shape index (κ1) is 14.3. The van der Waals surface area contributed by atoms with Crippen LogP contribution in [0.5, 0.6) is 0 Å². The Bertz CT molecular complexity index is 704. The molecule has 9 heteroatoms. The monoisotopic (exact) mass is 335 g/mol. The molecule has 1 N–H and O–H groups in total. The standard InChI is InChI=1S/C11H14ClN3O3S2/c12-9-10(15-3-6-19-11(15)14-9)20(16,17)13-7-8-1-4-18-5-2-8/h3,6,8,13H,1-2,4-5,7H2. The third-order valence-electron chi connectivity index (χ3n) is 3.34. The SMILES string of the molecule is O=S(=O)(NCC1CCOCC1)c1c(Cl)nc2sccn12. The number of sulfonamides is 1. The molecule has 110 valence electrons. The molecular formula is C11H14ClN3O3S2. The van der Waals surface area contributed by atoms with E-state index >= 15 is 0 Å². The predicted octanol–water partition coefficient (Wildman–Crippen LogP) is 1.75. The second-order valence-electron chi connectivity index (χ2n) is 4.67. The average Bonchev–Trinajstić information content (AvgIpc) is 2.97. The predicted molar refractivity (Wildman–Crippen MR) is 76.8 cm³/mol. The van der Waals surface area contributed by atoms with E-state index < -0.39 is 10.0 Å². The quantitative estimate of drug-likeness (QED) is 0.924. The normalized spacial score (nSPS) is 17.9. The molecule has 1 aliphatic rings. The van der Waals surface area contributed by atoms with Gasteiger partial charge in [0.1, 0.15) is 0 Å². The number of hydrogen-bond donors (Lipinski definition) is 1. The Morgan fingerprint density at radius 3 is 3.00 bits per heavy atom. The summed E-state index contributed by atoms with van der Waals surface area (Å²) in [6, 6.07) is 0. The number of ether oxygens (including phenoxy) is 1. The molecule has 0 aromatic carbocycles. The molecule has 0 bridgehead atoms. The van der Waals surface area contributed by atoms with Gasteiger partial charge in [0.15, 0.2) is 15.1 Å². The van der Waals surface area contributed by atoms with Crippen molar-refractivity contribution >= 4 is 37.9 Å². The van der Waals surface area contributed by atoms with Gasteiger partial charge in [-0.2, -0.15) is 0 Å². The topological polar surface area (TPSA) is 72.7 Å². The highest BCUT2D eigenvalue weighted by molar-refractivity contribution is 7.89. The van der Waals surface area contributed by atoms with Crippen molar-refractivity contribution in [2.45, 2.75) is 17.9 Å². The van der Waals surface area contributed by atoms with Crippen molar-refractivity contribution in [1.82, 2.24) is 14.1 Å². The number of fused-ring (bicyclic) bond motifs is 1. The summed E-state index contributed by atoms with van der Waals surface area (Å²) in [5, 5.41) is 1.80. The van der Waals surface area contributed by atoms with Crippen LogP contribution in [0, 0.1) is 5.92 Å². The zero-order chi connectivity index (χ0) is 14.2. The molecule has 1 saturated heterocycles. The first-order chi connectivity index (χ1) is 9.58. The third-order valence-corrected chi connectivity index (χ3v) is 5.91. The summed E-state index contributed by atoms with van der Waals surface area (Å²) in [6.45, 7) is 1.78. The Morgan fingerprint density at radius 2 is 2.25 bits per heavy atom. The van der Waals surface area contributed by atoms with Gasteiger partial charge in [0.25, 0.3) is 10.0 Å². The Morgan fingerprint density at radius 1 is 1.50 bits per heavy atom. The molecule has 6 nitrogen and oxygen atoms in total. The minimum atomic E-state index is -3.66. The van der Waals surface area contributed by atoms with Crippen LogP contribution in [0.25, 0.3) is 4.96 Å². The average molecular weight is 336 g/mol. The number of rotatable bonds is 4. The van der Waals surface area contributed by atoms with E-state index in [-0.39, 0.29) is 10.2 Å². The fraction of sp³-hybridized carbons (Fsp3) is 0.545. The molecule has 1 aliphatic heterocycles. The summed E-state index contributed by atoms with van der Waals surface area (Å²) in [5.41, 5.74) is 0. The number of imidazole rings is 1. The van der Waals surface area contributed by atoms with Crippen LogP contribution in [-0.4, -0.2) is 37.6 Å². The van der Waals surface area contributed by atoms with Crippen LogP contribution in [0.3, 0.4) is 0 Å². The van der Waals surface area contributed by atoms with Gasteiger partial charge in [-0.15, -0.1) is 11.3 Å². The lowest BCUT2D eigenvalue weighted by atomic mass is 10.0. The third kappa shape index (κ3) is 2.71. The van der Waals surface area contributed by atoms with Crippen molar-refractivity contribution in [3.63, 3.8) is 0 Å². The summed E-state index contributed by atoms with van der Waals surface area (Å²) < 4.78 is 34.2. The van der Waals surface area contributed by atoms with E-state index in [2.05, 4.69) is 9.71 Å². The molecule has 1 fully saturated rings. The summed E-state index contributed by atoms with van der Waals surface area (Å²) in [6.07, 6.45) is 3.40. The zero-order valence-electron chi connectivity index (χ0n) is 10.6. The van der Waals surface area contributed by atoms with Crippen LogP contribution in [0.1, 0.15) is 12.8 Å². The molecule has 3 heterocycles. The van der Waals surface area contributed by atoms with E-state index in [4.69, 9.17) is 16.3 Å². The van der Waals surface area contributed by atoms with Gasteiger partial charge in [0.05, 0.1) is 0 Å². The largest absolute Gasteiger partial charge is 0.381 e. The van der Waals surface area contributed by atoms with Gasteiger partial charge in [0, 0.05) is 31.3 Å². The summed E-state index contributed by atoms with van der Waals surface area (Å²) in [7, 11) is -3.66. The second-order valence-corrected chi connectivity index (χ2v) is 7.58. The van der Waals surface area contributed by atoms with E-state index in [9.17, 15) is 8.42 Å². The molecule has 0 aliphatic carbocycles. The number of nitrogens with zero attached hydrogens (tertiary/aromatic N) is 2. The lowest BCUT2D eigenvalue weighted by Gasteiger charge is -2.22. The van der Waals surface area contributed by atoms with Gasteiger partial charge < -0.3 is 4.74 Å². The van der Waals surface area contributed by atoms with Gasteiger partial charge in [0.2, 0.25) is 0 Å².